The second-order valence-corrected chi connectivity index (χ2v) is 4.81. The second-order valence-electron chi connectivity index (χ2n) is 4.81. The minimum Gasteiger partial charge on any atom is -0.330 e. The first kappa shape index (κ1) is 13.4. The van der Waals surface area contributed by atoms with Crippen LogP contribution in [0.2, 0.25) is 0 Å². The van der Waals surface area contributed by atoms with Gasteiger partial charge < -0.3 is 5.73 Å². The van der Waals surface area contributed by atoms with E-state index in [4.69, 9.17) is 11.0 Å². The van der Waals surface area contributed by atoms with Crippen molar-refractivity contribution >= 4 is 0 Å². The van der Waals surface area contributed by atoms with Crippen molar-refractivity contribution in [2.75, 3.05) is 26.2 Å². The molecule has 1 heterocycles. The lowest BCUT2D eigenvalue weighted by molar-refractivity contribution is 0.178. The predicted octanol–water partition coefficient (Wildman–Crippen LogP) is -0.133. The highest BCUT2D eigenvalue weighted by Gasteiger charge is 2.29. The summed E-state index contributed by atoms with van der Waals surface area (Å²) in [6.45, 7) is 7.62. The van der Waals surface area contributed by atoms with Crippen LogP contribution in [0, 0.1) is 23.2 Å². The summed E-state index contributed by atoms with van der Waals surface area (Å²) in [7, 11) is 0. The van der Waals surface area contributed by atoms with Crippen LogP contribution in [0.4, 0.5) is 0 Å². The van der Waals surface area contributed by atoms with Crippen LogP contribution in [0.1, 0.15) is 20.3 Å². The molecular weight excluding hydrogens is 202 g/mol. The molecule has 1 rings (SSSR count). The van der Waals surface area contributed by atoms with Crippen molar-refractivity contribution in [2.24, 2.45) is 17.6 Å². The third kappa shape index (κ3) is 4.06. The number of nitriles is 1. The van der Waals surface area contributed by atoms with Crippen molar-refractivity contribution in [2.45, 2.75) is 26.4 Å². The molecule has 3 atom stereocenters. The maximum absolute atomic E-state index is 8.46. The van der Waals surface area contributed by atoms with Crippen LogP contribution < -0.4 is 16.6 Å². The number of hydrogen-bond acceptors (Lipinski definition) is 5. The summed E-state index contributed by atoms with van der Waals surface area (Å²) in [6.07, 6.45) is 1.45. The maximum atomic E-state index is 8.46. The fraction of sp³-hybridized carbons (Fsp3) is 0.909. The van der Waals surface area contributed by atoms with Gasteiger partial charge in [0.25, 0.3) is 0 Å². The fourth-order valence-corrected chi connectivity index (χ4v) is 2.17. The number of hydrogen-bond donors (Lipinski definition) is 3. The molecule has 0 amide bonds. The average Bonchev–Trinajstić information content (AvgIpc) is 2.59. The van der Waals surface area contributed by atoms with Crippen LogP contribution in [0.5, 0.6) is 0 Å². The number of nitrogens with two attached hydrogens (primary N) is 1. The van der Waals surface area contributed by atoms with Gasteiger partial charge in [-0.05, 0) is 24.8 Å². The van der Waals surface area contributed by atoms with Gasteiger partial charge in [-0.2, -0.15) is 5.26 Å². The van der Waals surface area contributed by atoms with Crippen LogP contribution in [-0.4, -0.2) is 37.2 Å². The first-order valence-electron chi connectivity index (χ1n) is 5.96. The first-order valence-corrected chi connectivity index (χ1v) is 5.96. The van der Waals surface area contributed by atoms with Gasteiger partial charge in [-0.15, -0.1) is 0 Å². The molecule has 0 aromatic heterocycles. The third-order valence-electron chi connectivity index (χ3n) is 3.00. The molecule has 0 bridgehead atoms. The van der Waals surface area contributed by atoms with E-state index in [2.05, 4.69) is 35.7 Å². The maximum Gasteiger partial charge on any atom is 0.0972 e. The Morgan fingerprint density at radius 3 is 3.00 bits per heavy atom. The fourth-order valence-electron chi connectivity index (χ4n) is 2.17. The normalized spacial score (nSPS) is 27.9. The molecule has 5 nitrogen and oxygen atoms in total. The summed E-state index contributed by atoms with van der Waals surface area (Å²) in [5.41, 5.74) is 11.8. The molecule has 0 spiro atoms. The van der Waals surface area contributed by atoms with E-state index in [1.165, 1.54) is 0 Å². The largest absolute Gasteiger partial charge is 0.330 e. The van der Waals surface area contributed by atoms with Gasteiger partial charge in [0, 0.05) is 13.1 Å². The van der Waals surface area contributed by atoms with Gasteiger partial charge in [0.1, 0.15) is 0 Å². The quantitative estimate of drug-likeness (QED) is 0.333. The lowest BCUT2D eigenvalue weighted by Gasteiger charge is -2.27. The van der Waals surface area contributed by atoms with E-state index in [0.29, 0.717) is 24.5 Å². The van der Waals surface area contributed by atoms with Crippen molar-refractivity contribution in [3.63, 3.8) is 0 Å². The van der Waals surface area contributed by atoms with Crippen LogP contribution in [0.25, 0.3) is 0 Å². The number of rotatable bonds is 6. The first-order chi connectivity index (χ1) is 7.67. The SMILES string of the molecule is C[C@@H]1C[C@@H](NNCC#N)N(C[C@@H](C)CN)C1. The van der Waals surface area contributed by atoms with Crippen molar-refractivity contribution < 1.29 is 0 Å². The van der Waals surface area contributed by atoms with E-state index in [1.54, 1.807) is 0 Å². The average molecular weight is 225 g/mol. The smallest absolute Gasteiger partial charge is 0.0972 e. The molecule has 0 saturated carbocycles. The van der Waals surface area contributed by atoms with Gasteiger partial charge >= 0.3 is 0 Å². The third-order valence-corrected chi connectivity index (χ3v) is 3.00. The molecule has 5 heteroatoms. The predicted molar refractivity (Wildman–Crippen MR) is 64.1 cm³/mol. The number of likely N-dealkylation sites (tertiary alicyclic amines) is 1. The molecule has 0 aliphatic carbocycles. The lowest BCUT2D eigenvalue weighted by Crippen LogP contribution is -2.49. The Labute approximate surface area is 97.9 Å². The van der Waals surface area contributed by atoms with Crippen molar-refractivity contribution in [3.05, 3.63) is 0 Å². The molecule has 92 valence electrons. The minimum atomic E-state index is 0.331. The van der Waals surface area contributed by atoms with Crippen LogP contribution in [0.3, 0.4) is 0 Å². The molecule has 1 aliphatic heterocycles. The molecule has 16 heavy (non-hydrogen) atoms. The van der Waals surface area contributed by atoms with E-state index in [0.717, 1.165) is 26.1 Å². The molecule has 0 aromatic rings. The van der Waals surface area contributed by atoms with Crippen molar-refractivity contribution in [1.82, 2.24) is 15.8 Å². The molecule has 4 N–H and O–H groups in total. The summed E-state index contributed by atoms with van der Waals surface area (Å²) in [5.74, 6) is 1.22. The van der Waals surface area contributed by atoms with Gasteiger partial charge in [-0.25, -0.2) is 10.9 Å². The minimum absolute atomic E-state index is 0.331. The highest BCUT2D eigenvalue weighted by atomic mass is 15.5. The topological polar surface area (TPSA) is 77.1 Å². The van der Waals surface area contributed by atoms with E-state index >= 15 is 0 Å². The van der Waals surface area contributed by atoms with Gasteiger partial charge in [0.05, 0.1) is 18.8 Å². The summed E-state index contributed by atoms with van der Waals surface area (Å²) in [6, 6.07) is 2.06. The Bertz CT molecular complexity index is 237. The van der Waals surface area contributed by atoms with E-state index in [9.17, 15) is 0 Å². The summed E-state index contributed by atoms with van der Waals surface area (Å²) in [5, 5.41) is 8.46. The summed E-state index contributed by atoms with van der Waals surface area (Å²) < 4.78 is 0. The lowest BCUT2D eigenvalue weighted by atomic mass is 10.1. The molecule has 1 aliphatic rings. The Morgan fingerprint density at radius 2 is 2.38 bits per heavy atom. The zero-order valence-corrected chi connectivity index (χ0v) is 10.2. The van der Waals surface area contributed by atoms with E-state index < -0.39 is 0 Å². The Kier molecular flexibility index (Phi) is 5.71. The van der Waals surface area contributed by atoms with Crippen LogP contribution in [-0.2, 0) is 0 Å². The van der Waals surface area contributed by atoms with Crippen LogP contribution >= 0.6 is 0 Å². The molecule has 0 unspecified atom stereocenters. The molecule has 0 aromatic carbocycles. The Hall–Kier alpha value is -0.670. The van der Waals surface area contributed by atoms with Crippen molar-refractivity contribution in [3.8, 4) is 6.07 Å². The Balaban J connectivity index is 2.37. The van der Waals surface area contributed by atoms with Gasteiger partial charge in [0.15, 0.2) is 0 Å². The second kappa shape index (κ2) is 6.81. The standard InChI is InChI=1S/C11H23N5/c1-9-5-11(15-14-4-3-12)16(7-9)8-10(2)6-13/h9-11,14-15H,4-8,13H2,1-2H3/t9-,10+,11+/m1/s1. The van der Waals surface area contributed by atoms with E-state index in [1.807, 2.05) is 0 Å². The monoisotopic (exact) mass is 225 g/mol. The molecule has 1 fully saturated rings. The molecule has 0 radical (unpaired) electrons. The van der Waals surface area contributed by atoms with Gasteiger partial charge in [-0.1, -0.05) is 13.8 Å². The zero-order valence-electron chi connectivity index (χ0n) is 10.2. The summed E-state index contributed by atoms with van der Waals surface area (Å²) in [4.78, 5) is 2.41. The highest BCUT2D eigenvalue weighted by molar-refractivity contribution is 4.82. The van der Waals surface area contributed by atoms with Crippen molar-refractivity contribution in [1.29, 1.82) is 5.26 Å². The van der Waals surface area contributed by atoms with Crippen LogP contribution in [0.15, 0.2) is 0 Å². The van der Waals surface area contributed by atoms with Gasteiger partial charge in [-0.3, -0.25) is 4.90 Å². The number of nitrogens with one attached hydrogen (secondary N) is 2. The highest BCUT2D eigenvalue weighted by Crippen LogP contribution is 2.21. The molecular formula is C11H23N5. The molecule has 1 saturated heterocycles. The zero-order chi connectivity index (χ0) is 12.0. The number of nitrogens with zero attached hydrogens (tertiary/aromatic N) is 2. The van der Waals surface area contributed by atoms with E-state index in [-0.39, 0.29) is 0 Å². The Morgan fingerprint density at radius 1 is 1.62 bits per heavy atom. The van der Waals surface area contributed by atoms with Gasteiger partial charge in [0.2, 0.25) is 0 Å². The number of hydrazine groups is 1. The summed E-state index contributed by atoms with van der Waals surface area (Å²) >= 11 is 0.